The molecule has 1 aromatic heterocycles. The predicted octanol–water partition coefficient (Wildman–Crippen LogP) is 3.26. The maximum atomic E-state index is 12.0. The Balaban J connectivity index is 1.74. The minimum absolute atomic E-state index is 0.0201. The zero-order chi connectivity index (χ0) is 16.6. The number of nitro groups is 1. The molecule has 3 rings (SSSR count). The molecule has 6 nitrogen and oxygen atoms in total. The first-order valence-corrected chi connectivity index (χ1v) is 8.06. The number of nitrogens with zero attached hydrogens (tertiary/aromatic N) is 2. The van der Waals surface area contributed by atoms with Gasteiger partial charge in [0, 0.05) is 31.2 Å². The smallest absolute Gasteiger partial charge is 0.269 e. The molecule has 1 aliphatic heterocycles. The molecule has 1 amide bonds. The van der Waals surface area contributed by atoms with E-state index < -0.39 is 4.92 Å². The third kappa shape index (κ3) is 3.13. The average molecular weight is 348 g/mol. The van der Waals surface area contributed by atoms with Gasteiger partial charge in [0.15, 0.2) is 0 Å². The van der Waals surface area contributed by atoms with Crippen molar-refractivity contribution in [1.82, 2.24) is 4.90 Å². The molecule has 0 aliphatic carbocycles. The van der Waals surface area contributed by atoms with Crippen LogP contribution in [0.1, 0.15) is 5.76 Å². The number of hydrogen-bond donors (Lipinski definition) is 0. The third-order valence-corrected chi connectivity index (χ3v) is 5.22. The van der Waals surface area contributed by atoms with E-state index in [1.54, 1.807) is 25.2 Å². The first-order chi connectivity index (χ1) is 11.0. The minimum atomic E-state index is -0.445. The number of amides is 1. The van der Waals surface area contributed by atoms with Crippen molar-refractivity contribution >= 4 is 39.9 Å². The lowest BCUT2D eigenvalue weighted by atomic mass is 10.1. The van der Waals surface area contributed by atoms with Crippen molar-refractivity contribution in [2.75, 3.05) is 7.05 Å². The standard InChI is InChI=1S/C15H12N2O4S2/c1-16-14(18)13(23-15(16)22)8-11-6-7-12(21-11)9-2-4-10(5-3-9)17(19)20/h2-7,13H,8H2,1H3. The molecule has 2 aromatic rings. The molecule has 8 heteroatoms. The summed E-state index contributed by atoms with van der Waals surface area (Å²) in [5.41, 5.74) is 0.782. The summed E-state index contributed by atoms with van der Waals surface area (Å²) >= 11 is 6.47. The molecule has 1 unspecified atom stereocenters. The Hall–Kier alpha value is -2.19. The molecular formula is C15H12N2O4S2. The number of benzene rings is 1. The Morgan fingerprint density at radius 3 is 2.57 bits per heavy atom. The molecule has 0 N–H and O–H groups in total. The molecule has 1 saturated heterocycles. The molecular weight excluding hydrogens is 336 g/mol. The van der Waals surface area contributed by atoms with Crippen molar-refractivity contribution in [3.8, 4) is 11.3 Å². The molecule has 1 fully saturated rings. The van der Waals surface area contributed by atoms with Crippen molar-refractivity contribution < 1.29 is 14.1 Å². The molecule has 0 spiro atoms. The van der Waals surface area contributed by atoms with Crippen LogP contribution < -0.4 is 0 Å². The Morgan fingerprint density at radius 1 is 1.30 bits per heavy atom. The van der Waals surface area contributed by atoms with E-state index in [4.69, 9.17) is 16.6 Å². The summed E-state index contributed by atoms with van der Waals surface area (Å²) in [5.74, 6) is 1.27. The zero-order valence-corrected chi connectivity index (χ0v) is 13.7. The van der Waals surface area contributed by atoms with E-state index in [0.29, 0.717) is 22.3 Å². The van der Waals surface area contributed by atoms with Crippen LogP contribution in [-0.4, -0.2) is 32.3 Å². The summed E-state index contributed by atoms with van der Waals surface area (Å²) in [7, 11) is 1.67. The maximum Gasteiger partial charge on any atom is 0.269 e. The lowest BCUT2D eigenvalue weighted by Gasteiger charge is -2.06. The lowest BCUT2D eigenvalue weighted by molar-refractivity contribution is -0.384. The number of nitro benzene ring substituents is 1. The molecule has 0 saturated carbocycles. The van der Waals surface area contributed by atoms with E-state index in [1.807, 2.05) is 6.07 Å². The fourth-order valence-corrected chi connectivity index (χ4v) is 3.70. The molecule has 0 bridgehead atoms. The summed E-state index contributed by atoms with van der Waals surface area (Å²) < 4.78 is 6.33. The summed E-state index contributed by atoms with van der Waals surface area (Å²) in [6.07, 6.45) is 0.459. The van der Waals surface area contributed by atoms with Gasteiger partial charge in [-0.3, -0.25) is 19.8 Å². The van der Waals surface area contributed by atoms with Crippen LogP contribution in [0.3, 0.4) is 0 Å². The summed E-state index contributed by atoms with van der Waals surface area (Å²) in [4.78, 5) is 23.7. The predicted molar refractivity (Wildman–Crippen MR) is 91.2 cm³/mol. The monoisotopic (exact) mass is 348 g/mol. The summed E-state index contributed by atoms with van der Waals surface area (Å²) in [6, 6.07) is 9.75. The number of carbonyl (C=O) groups is 1. The summed E-state index contributed by atoms with van der Waals surface area (Å²) in [5, 5.41) is 10.4. The second-order valence-electron chi connectivity index (χ2n) is 5.04. The van der Waals surface area contributed by atoms with Crippen LogP contribution in [0.2, 0.25) is 0 Å². The fraction of sp³-hybridized carbons (Fsp3) is 0.200. The van der Waals surface area contributed by atoms with E-state index in [0.717, 1.165) is 5.56 Å². The highest BCUT2D eigenvalue weighted by molar-refractivity contribution is 8.24. The number of thioether (sulfide) groups is 1. The molecule has 118 valence electrons. The Kier molecular flexibility index (Phi) is 4.18. The Bertz CT molecular complexity index is 785. The average Bonchev–Trinajstić information content (AvgIpc) is 3.09. The van der Waals surface area contributed by atoms with Crippen LogP contribution in [0.4, 0.5) is 5.69 Å². The fourth-order valence-electron chi connectivity index (χ4n) is 2.26. The lowest BCUT2D eigenvalue weighted by Crippen LogP contribution is -2.28. The largest absolute Gasteiger partial charge is 0.461 e. The second kappa shape index (κ2) is 6.13. The van der Waals surface area contributed by atoms with Gasteiger partial charge in [0.05, 0.1) is 10.2 Å². The van der Waals surface area contributed by atoms with Crippen LogP contribution in [0.15, 0.2) is 40.8 Å². The first-order valence-electron chi connectivity index (χ1n) is 6.77. The number of non-ortho nitro benzene ring substituents is 1. The molecule has 23 heavy (non-hydrogen) atoms. The van der Waals surface area contributed by atoms with Gasteiger partial charge in [0.25, 0.3) is 5.69 Å². The van der Waals surface area contributed by atoms with Gasteiger partial charge in [-0.05, 0) is 24.3 Å². The first kappa shape index (κ1) is 15.7. The van der Waals surface area contributed by atoms with Gasteiger partial charge in [-0.2, -0.15) is 0 Å². The highest BCUT2D eigenvalue weighted by atomic mass is 32.2. The van der Waals surface area contributed by atoms with Crippen LogP contribution in [0.5, 0.6) is 0 Å². The van der Waals surface area contributed by atoms with E-state index in [9.17, 15) is 14.9 Å². The highest BCUT2D eigenvalue weighted by Gasteiger charge is 2.35. The molecule has 1 aromatic carbocycles. The van der Waals surface area contributed by atoms with E-state index >= 15 is 0 Å². The Labute approximate surface area is 141 Å². The van der Waals surface area contributed by atoms with E-state index in [2.05, 4.69) is 0 Å². The number of carbonyl (C=O) groups excluding carboxylic acids is 1. The van der Waals surface area contributed by atoms with Gasteiger partial charge < -0.3 is 4.42 Å². The SMILES string of the molecule is CN1C(=O)C(Cc2ccc(-c3ccc([N+](=O)[O-])cc3)o2)SC1=S. The van der Waals surface area contributed by atoms with Crippen molar-refractivity contribution in [1.29, 1.82) is 0 Å². The van der Waals surface area contributed by atoms with Crippen molar-refractivity contribution in [3.63, 3.8) is 0 Å². The molecule has 2 heterocycles. The van der Waals surface area contributed by atoms with Crippen molar-refractivity contribution in [2.24, 2.45) is 0 Å². The van der Waals surface area contributed by atoms with Gasteiger partial charge in [-0.15, -0.1) is 0 Å². The normalized spacial score (nSPS) is 17.8. The van der Waals surface area contributed by atoms with Gasteiger partial charge >= 0.3 is 0 Å². The van der Waals surface area contributed by atoms with Crippen LogP contribution in [0.25, 0.3) is 11.3 Å². The van der Waals surface area contributed by atoms with Crippen LogP contribution >= 0.6 is 24.0 Å². The Morgan fingerprint density at radius 2 is 2.00 bits per heavy atom. The highest BCUT2D eigenvalue weighted by Crippen LogP contribution is 2.31. The number of furan rings is 1. The third-order valence-electron chi connectivity index (χ3n) is 3.53. The van der Waals surface area contributed by atoms with Crippen LogP contribution in [-0.2, 0) is 11.2 Å². The van der Waals surface area contributed by atoms with Crippen molar-refractivity contribution in [2.45, 2.75) is 11.7 Å². The quantitative estimate of drug-likeness (QED) is 0.479. The van der Waals surface area contributed by atoms with Gasteiger partial charge in [0.1, 0.15) is 15.8 Å². The summed E-state index contributed by atoms with van der Waals surface area (Å²) in [6.45, 7) is 0. The molecule has 1 aliphatic rings. The number of thiocarbonyl (C=S) groups is 1. The zero-order valence-electron chi connectivity index (χ0n) is 12.1. The number of rotatable bonds is 4. The molecule has 1 atom stereocenters. The van der Waals surface area contributed by atoms with E-state index in [1.165, 1.54) is 28.8 Å². The molecule has 0 radical (unpaired) electrons. The maximum absolute atomic E-state index is 12.0. The van der Waals surface area contributed by atoms with Gasteiger partial charge in [-0.25, -0.2) is 0 Å². The van der Waals surface area contributed by atoms with Gasteiger partial charge in [0.2, 0.25) is 5.91 Å². The van der Waals surface area contributed by atoms with Crippen molar-refractivity contribution in [3.05, 3.63) is 52.3 Å². The second-order valence-corrected chi connectivity index (χ2v) is 6.88. The van der Waals surface area contributed by atoms with Gasteiger partial charge in [-0.1, -0.05) is 24.0 Å². The van der Waals surface area contributed by atoms with Crippen LogP contribution in [0, 0.1) is 10.1 Å². The topological polar surface area (TPSA) is 76.6 Å². The minimum Gasteiger partial charge on any atom is -0.461 e. The van der Waals surface area contributed by atoms with E-state index in [-0.39, 0.29) is 16.8 Å². The number of hydrogen-bond acceptors (Lipinski definition) is 6.